The highest BCUT2D eigenvalue weighted by Gasteiger charge is 2.15. The van der Waals surface area contributed by atoms with Crippen molar-refractivity contribution in [2.24, 2.45) is 28.1 Å². The zero-order valence-corrected chi connectivity index (χ0v) is 7.45. The lowest BCUT2D eigenvalue weighted by Gasteiger charge is -2.09. The second-order valence-corrected chi connectivity index (χ2v) is 2.93. The summed E-state index contributed by atoms with van der Waals surface area (Å²) in [6.45, 7) is 3.74. The molecule has 70 valence electrons. The molecule has 1 atom stereocenters. The maximum absolute atomic E-state index is 11.2. The molecule has 0 unspecified atom stereocenters. The Morgan fingerprint density at radius 2 is 1.92 bits per heavy atom. The third-order valence-corrected chi connectivity index (χ3v) is 1.41. The summed E-state index contributed by atoms with van der Waals surface area (Å²) in [7, 11) is 0. The van der Waals surface area contributed by atoms with Crippen molar-refractivity contribution in [2.45, 2.75) is 19.9 Å². The number of ketones is 1. The van der Waals surface area contributed by atoms with E-state index in [4.69, 9.17) is 17.2 Å². The summed E-state index contributed by atoms with van der Waals surface area (Å²) in [5, 5.41) is 0. The molecule has 12 heavy (non-hydrogen) atoms. The molecule has 0 fully saturated rings. The fourth-order valence-corrected chi connectivity index (χ4v) is 0.722. The smallest absolute Gasteiger partial charge is 0.185 e. The molecule has 0 rings (SSSR count). The third-order valence-electron chi connectivity index (χ3n) is 1.41. The summed E-state index contributed by atoms with van der Waals surface area (Å²) in [5.41, 5.74) is 15.7. The molecule has 5 heteroatoms. The minimum atomic E-state index is -0.591. The molecule has 0 saturated heterocycles. The van der Waals surface area contributed by atoms with Gasteiger partial charge in [0.15, 0.2) is 11.7 Å². The third kappa shape index (κ3) is 3.92. The Bertz CT molecular complexity index is 184. The van der Waals surface area contributed by atoms with Crippen molar-refractivity contribution >= 4 is 11.7 Å². The van der Waals surface area contributed by atoms with E-state index in [1.54, 1.807) is 13.8 Å². The fraction of sp³-hybridized carbons (Fsp3) is 0.714. The van der Waals surface area contributed by atoms with Gasteiger partial charge in [-0.2, -0.15) is 0 Å². The molecule has 0 aromatic rings. The molecule has 0 aromatic carbocycles. The molecule has 0 saturated carbocycles. The van der Waals surface area contributed by atoms with Crippen molar-refractivity contribution < 1.29 is 4.79 Å². The van der Waals surface area contributed by atoms with Crippen LogP contribution in [0, 0.1) is 5.92 Å². The molecule has 0 aliphatic heterocycles. The highest BCUT2D eigenvalue weighted by molar-refractivity contribution is 5.86. The predicted octanol–water partition coefficient (Wildman–Crippen LogP) is -1.19. The predicted molar refractivity (Wildman–Crippen MR) is 48.5 cm³/mol. The summed E-state index contributed by atoms with van der Waals surface area (Å²) >= 11 is 0. The van der Waals surface area contributed by atoms with Crippen LogP contribution in [0.3, 0.4) is 0 Å². The van der Waals surface area contributed by atoms with Gasteiger partial charge in [0, 0.05) is 5.92 Å². The van der Waals surface area contributed by atoms with Crippen molar-refractivity contribution in [1.29, 1.82) is 0 Å². The Balaban J connectivity index is 3.96. The number of carbonyl (C=O) groups excluding carboxylic acids is 1. The lowest BCUT2D eigenvalue weighted by Crippen LogP contribution is -2.37. The van der Waals surface area contributed by atoms with Gasteiger partial charge in [-0.05, 0) is 0 Å². The minimum absolute atomic E-state index is 0.0278. The molecule has 6 N–H and O–H groups in total. The number of nitrogens with two attached hydrogens (primary N) is 3. The van der Waals surface area contributed by atoms with Gasteiger partial charge in [-0.3, -0.25) is 9.79 Å². The number of Topliss-reactive ketones (excluding diaryl/α,β-unsaturated/α-hetero) is 1. The number of guanidine groups is 1. The Labute approximate surface area is 72.0 Å². The van der Waals surface area contributed by atoms with Crippen LogP contribution in [-0.2, 0) is 4.79 Å². The maximum atomic E-state index is 11.2. The largest absolute Gasteiger partial charge is 0.370 e. The quantitative estimate of drug-likeness (QED) is 0.366. The summed E-state index contributed by atoms with van der Waals surface area (Å²) in [5.74, 6) is -0.142. The monoisotopic (exact) mass is 172 g/mol. The van der Waals surface area contributed by atoms with Crippen LogP contribution in [0.2, 0.25) is 0 Å². The second kappa shape index (κ2) is 4.71. The van der Waals surface area contributed by atoms with E-state index in [2.05, 4.69) is 4.99 Å². The fourth-order valence-electron chi connectivity index (χ4n) is 0.722. The second-order valence-electron chi connectivity index (χ2n) is 2.93. The van der Waals surface area contributed by atoms with Gasteiger partial charge in [-0.15, -0.1) is 0 Å². The number of hydrogen-bond acceptors (Lipinski definition) is 3. The van der Waals surface area contributed by atoms with E-state index in [1.165, 1.54) is 0 Å². The zero-order valence-electron chi connectivity index (χ0n) is 7.45. The Morgan fingerprint density at radius 1 is 1.42 bits per heavy atom. The standard InChI is InChI=1S/C7H16N4O/c1-4(2)6(12)5(8)3-11-7(9)10/h4-5H,3,8H2,1-2H3,(H4,9,10,11)/t5-/m0/s1. The molecule has 5 nitrogen and oxygen atoms in total. The summed E-state index contributed by atoms with van der Waals surface area (Å²) in [6.07, 6.45) is 0. The van der Waals surface area contributed by atoms with Gasteiger partial charge in [0.1, 0.15) is 0 Å². The topological polar surface area (TPSA) is 107 Å². The van der Waals surface area contributed by atoms with E-state index in [-0.39, 0.29) is 24.2 Å². The van der Waals surface area contributed by atoms with Crippen LogP contribution in [0.4, 0.5) is 0 Å². The first-order valence-electron chi connectivity index (χ1n) is 3.79. The van der Waals surface area contributed by atoms with Gasteiger partial charge in [-0.1, -0.05) is 13.8 Å². The number of aliphatic imine (C=N–C) groups is 1. The van der Waals surface area contributed by atoms with Gasteiger partial charge < -0.3 is 17.2 Å². The molecular formula is C7H16N4O. The minimum Gasteiger partial charge on any atom is -0.370 e. The highest BCUT2D eigenvalue weighted by atomic mass is 16.1. The van der Waals surface area contributed by atoms with E-state index in [0.717, 1.165) is 0 Å². The van der Waals surface area contributed by atoms with E-state index in [1.807, 2.05) is 0 Å². The van der Waals surface area contributed by atoms with E-state index in [9.17, 15) is 4.79 Å². The molecule has 0 heterocycles. The Kier molecular flexibility index (Phi) is 4.28. The summed E-state index contributed by atoms with van der Waals surface area (Å²) in [4.78, 5) is 14.8. The van der Waals surface area contributed by atoms with Crippen molar-refractivity contribution in [3.63, 3.8) is 0 Å². The van der Waals surface area contributed by atoms with E-state index < -0.39 is 6.04 Å². The number of carbonyl (C=O) groups is 1. The van der Waals surface area contributed by atoms with Crippen LogP contribution >= 0.6 is 0 Å². The maximum Gasteiger partial charge on any atom is 0.185 e. The Morgan fingerprint density at radius 3 is 2.25 bits per heavy atom. The average molecular weight is 172 g/mol. The van der Waals surface area contributed by atoms with Gasteiger partial charge in [0.2, 0.25) is 0 Å². The summed E-state index contributed by atoms with van der Waals surface area (Å²) in [6, 6.07) is -0.591. The molecule has 0 bridgehead atoms. The van der Waals surface area contributed by atoms with Gasteiger partial charge in [0.25, 0.3) is 0 Å². The first-order chi connectivity index (χ1) is 5.45. The molecule has 0 spiro atoms. The molecule has 0 amide bonds. The van der Waals surface area contributed by atoms with Gasteiger partial charge in [-0.25, -0.2) is 0 Å². The number of nitrogens with zero attached hydrogens (tertiary/aromatic N) is 1. The zero-order chi connectivity index (χ0) is 9.72. The van der Waals surface area contributed by atoms with Crippen LogP contribution in [-0.4, -0.2) is 24.3 Å². The molecule has 0 aliphatic carbocycles. The lowest BCUT2D eigenvalue weighted by atomic mass is 10.0. The van der Waals surface area contributed by atoms with Crippen molar-refractivity contribution in [1.82, 2.24) is 0 Å². The van der Waals surface area contributed by atoms with Crippen molar-refractivity contribution in [3.05, 3.63) is 0 Å². The van der Waals surface area contributed by atoms with E-state index >= 15 is 0 Å². The van der Waals surface area contributed by atoms with Crippen LogP contribution < -0.4 is 17.2 Å². The van der Waals surface area contributed by atoms with Crippen LogP contribution in [0.5, 0.6) is 0 Å². The molecule has 0 aliphatic rings. The van der Waals surface area contributed by atoms with Crippen LogP contribution in [0.15, 0.2) is 4.99 Å². The van der Waals surface area contributed by atoms with Crippen molar-refractivity contribution in [2.75, 3.05) is 6.54 Å². The van der Waals surface area contributed by atoms with Crippen molar-refractivity contribution in [3.8, 4) is 0 Å². The molecular weight excluding hydrogens is 156 g/mol. The highest BCUT2D eigenvalue weighted by Crippen LogP contribution is 1.97. The molecule has 0 radical (unpaired) electrons. The Hall–Kier alpha value is -1.10. The van der Waals surface area contributed by atoms with Gasteiger partial charge >= 0.3 is 0 Å². The van der Waals surface area contributed by atoms with Crippen LogP contribution in [0.1, 0.15) is 13.8 Å². The number of rotatable bonds is 4. The summed E-state index contributed by atoms with van der Waals surface area (Å²) < 4.78 is 0. The van der Waals surface area contributed by atoms with E-state index in [0.29, 0.717) is 0 Å². The lowest BCUT2D eigenvalue weighted by molar-refractivity contribution is -0.122. The number of hydrogen-bond donors (Lipinski definition) is 3. The first-order valence-corrected chi connectivity index (χ1v) is 3.79. The SMILES string of the molecule is CC(C)C(=O)[C@@H](N)CN=C(N)N. The van der Waals surface area contributed by atoms with Gasteiger partial charge in [0.05, 0.1) is 12.6 Å². The normalized spacial score (nSPS) is 12.7. The first kappa shape index (κ1) is 10.9. The van der Waals surface area contributed by atoms with Crippen LogP contribution in [0.25, 0.3) is 0 Å². The average Bonchev–Trinajstić information content (AvgIpc) is 1.98. The molecule has 0 aromatic heterocycles.